The number of nitrogens with zero attached hydrogens (tertiary/aromatic N) is 4. The van der Waals surface area contributed by atoms with E-state index in [1.165, 1.54) is 0 Å². The number of phenols is 1. The highest BCUT2D eigenvalue weighted by Gasteiger charge is 2.21. The summed E-state index contributed by atoms with van der Waals surface area (Å²) in [6.07, 6.45) is 1.01. The first-order valence-corrected chi connectivity index (χ1v) is 7.17. The van der Waals surface area contributed by atoms with Crippen molar-refractivity contribution < 1.29 is 9.90 Å². The molecule has 0 spiro atoms. The zero-order valence-electron chi connectivity index (χ0n) is 13.1. The standard InChI is InChI=1S/C15H21N5O2/c1-11-17-18-19-20(11)9-8-14(22)16-15(2,3)10-12-4-6-13(21)7-5-12/h4-7,21H,8-10H2,1-3H3,(H,16,22). The number of rotatable bonds is 6. The van der Waals surface area contributed by atoms with E-state index in [1.54, 1.807) is 23.7 Å². The van der Waals surface area contributed by atoms with Crippen LogP contribution in [0.25, 0.3) is 0 Å². The fraction of sp³-hybridized carbons (Fsp3) is 0.467. The Bertz CT molecular complexity index is 634. The van der Waals surface area contributed by atoms with Crippen molar-refractivity contribution in [3.8, 4) is 5.75 Å². The molecule has 2 aromatic rings. The first-order valence-electron chi connectivity index (χ1n) is 7.17. The molecule has 22 heavy (non-hydrogen) atoms. The number of phenolic OH excluding ortho intramolecular Hbond substituents is 1. The van der Waals surface area contributed by atoms with Crippen LogP contribution in [0, 0.1) is 6.92 Å². The number of hydrogen-bond donors (Lipinski definition) is 2. The van der Waals surface area contributed by atoms with E-state index in [4.69, 9.17) is 0 Å². The van der Waals surface area contributed by atoms with Crippen LogP contribution in [0.4, 0.5) is 0 Å². The van der Waals surface area contributed by atoms with Crippen LogP contribution in [0.3, 0.4) is 0 Å². The minimum atomic E-state index is -0.371. The van der Waals surface area contributed by atoms with Crippen molar-refractivity contribution in [1.82, 2.24) is 25.5 Å². The SMILES string of the molecule is Cc1nnnn1CCC(=O)NC(C)(C)Cc1ccc(O)cc1. The number of benzene rings is 1. The highest BCUT2D eigenvalue weighted by atomic mass is 16.3. The summed E-state index contributed by atoms with van der Waals surface area (Å²) in [6, 6.07) is 7.00. The number of nitrogens with one attached hydrogen (secondary N) is 1. The molecule has 2 N–H and O–H groups in total. The van der Waals surface area contributed by atoms with Crippen LogP contribution >= 0.6 is 0 Å². The van der Waals surface area contributed by atoms with Crippen molar-refractivity contribution in [3.63, 3.8) is 0 Å². The van der Waals surface area contributed by atoms with Crippen molar-refractivity contribution in [1.29, 1.82) is 0 Å². The number of carbonyl (C=O) groups excluding carboxylic acids is 1. The predicted molar refractivity (Wildman–Crippen MR) is 81.2 cm³/mol. The van der Waals surface area contributed by atoms with Crippen LogP contribution in [0.1, 0.15) is 31.7 Å². The summed E-state index contributed by atoms with van der Waals surface area (Å²) in [5.74, 6) is 0.886. The molecule has 1 heterocycles. The average molecular weight is 303 g/mol. The van der Waals surface area contributed by atoms with Gasteiger partial charge < -0.3 is 10.4 Å². The molecule has 1 aromatic carbocycles. The van der Waals surface area contributed by atoms with Gasteiger partial charge in [-0.2, -0.15) is 0 Å². The third-order valence-electron chi connectivity index (χ3n) is 3.32. The van der Waals surface area contributed by atoms with Gasteiger partial charge in [-0.1, -0.05) is 12.1 Å². The quantitative estimate of drug-likeness (QED) is 0.837. The van der Waals surface area contributed by atoms with E-state index < -0.39 is 0 Å². The topological polar surface area (TPSA) is 92.9 Å². The largest absolute Gasteiger partial charge is 0.508 e. The third kappa shape index (κ3) is 4.54. The Morgan fingerprint density at radius 2 is 2.00 bits per heavy atom. The highest BCUT2D eigenvalue weighted by molar-refractivity contribution is 5.76. The van der Waals surface area contributed by atoms with E-state index in [9.17, 15) is 9.90 Å². The molecule has 2 rings (SSSR count). The minimum absolute atomic E-state index is 0.0429. The molecule has 0 saturated carbocycles. The molecule has 0 fully saturated rings. The van der Waals surface area contributed by atoms with Gasteiger partial charge in [0.25, 0.3) is 0 Å². The Morgan fingerprint density at radius 3 is 2.59 bits per heavy atom. The lowest BCUT2D eigenvalue weighted by molar-refractivity contribution is -0.122. The number of aromatic hydroxyl groups is 1. The number of tetrazole rings is 1. The molecule has 0 aliphatic heterocycles. The fourth-order valence-electron chi connectivity index (χ4n) is 2.27. The van der Waals surface area contributed by atoms with E-state index in [0.717, 1.165) is 5.56 Å². The molecule has 0 unspecified atom stereocenters. The number of aromatic nitrogens is 4. The molecule has 0 aliphatic rings. The molecule has 0 atom stereocenters. The van der Waals surface area contributed by atoms with Gasteiger partial charge in [0.15, 0.2) is 0 Å². The molecule has 118 valence electrons. The molecule has 0 radical (unpaired) electrons. The summed E-state index contributed by atoms with van der Waals surface area (Å²) in [4.78, 5) is 12.1. The maximum Gasteiger partial charge on any atom is 0.222 e. The summed E-state index contributed by atoms with van der Waals surface area (Å²) < 4.78 is 1.60. The average Bonchev–Trinajstić information content (AvgIpc) is 2.84. The molecule has 1 aromatic heterocycles. The molecular formula is C15H21N5O2. The van der Waals surface area contributed by atoms with E-state index in [-0.39, 0.29) is 17.2 Å². The van der Waals surface area contributed by atoms with Crippen LogP contribution in [-0.4, -0.2) is 36.8 Å². The van der Waals surface area contributed by atoms with Crippen molar-refractivity contribution in [2.75, 3.05) is 0 Å². The first-order chi connectivity index (χ1) is 10.4. The highest BCUT2D eigenvalue weighted by Crippen LogP contribution is 2.16. The number of aryl methyl sites for hydroxylation is 2. The van der Waals surface area contributed by atoms with Crippen molar-refractivity contribution in [2.24, 2.45) is 0 Å². The van der Waals surface area contributed by atoms with Crippen molar-refractivity contribution >= 4 is 5.91 Å². The second kappa shape index (κ2) is 6.55. The Hall–Kier alpha value is -2.44. The van der Waals surface area contributed by atoms with Crippen LogP contribution in [0.5, 0.6) is 5.75 Å². The minimum Gasteiger partial charge on any atom is -0.508 e. The Balaban J connectivity index is 1.86. The van der Waals surface area contributed by atoms with E-state index in [1.807, 2.05) is 26.0 Å². The Labute approximate surface area is 129 Å². The molecule has 0 saturated heterocycles. The zero-order chi connectivity index (χ0) is 16.2. The Kier molecular flexibility index (Phi) is 4.75. The number of hydrogen-bond acceptors (Lipinski definition) is 5. The molecule has 7 nitrogen and oxygen atoms in total. The fourth-order valence-corrected chi connectivity index (χ4v) is 2.27. The van der Waals surface area contributed by atoms with Crippen LogP contribution in [0.15, 0.2) is 24.3 Å². The van der Waals surface area contributed by atoms with Gasteiger partial charge >= 0.3 is 0 Å². The van der Waals surface area contributed by atoms with Gasteiger partial charge in [0.05, 0.1) is 6.54 Å². The summed E-state index contributed by atoms with van der Waals surface area (Å²) in [6.45, 7) is 6.20. The maximum atomic E-state index is 12.1. The summed E-state index contributed by atoms with van der Waals surface area (Å²) in [5.41, 5.74) is 0.684. The van der Waals surface area contributed by atoms with Gasteiger partial charge in [0, 0.05) is 12.0 Å². The zero-order valence-corrected chi connectivity index (χ0v) is 13.1. The van der Waals surface area contributed by atoms with E-state index >= 15 is 0 Å². The van der Waals surface area contributed by atoms with Crippen molar-refractivity contribution in [3.05, 3.63) is 35.7 Å². The van der Waals surface area contributed by atoms with Crippen LogP contribution < -0.4 is 5.32 Å². The van der Waals surface area contributed by atoms with Gasteiger partial charge in [0.2, 0.25) is 5.91 Å². The summed E-state index contributed by atoms with van der Waals surface area (Å²) in [7, 11) is 0. The molecule has 0 bridgehead atoms. The second-order valence-corrected chi connectivity index (χ2v) is 5.97. The van der Waals surface area contributed by atoms with Gasteiger partial charge in [0.1, 0.15) is 11.6 Å². The number of carbonyl (C=O) groups is 1. The van der Waals surface area contributed by atoms with Crippen LogP contribution in [0.2, 0.25) is 0 Å². The smallest absolute Gasteiger partial charge is 0.222 e. The molecule has 7 heteroatoms. The lowest BCUT2D eigenvalue weighted by atomic mass is 9.94. The maximum absolute atomic E-state index is 12.1. The van der Waals surface area contributed by atoms with Gasteiger partial charge in [-0.25, -0.2) is 4.68 Å². The second-order valence-electron chi connectivity index (χ2n) is 5.97. The lowest BCUT2D eigenvalue weighted by Crippen LogP contribution is -2.45. The van der Waals surface area contributed by atoms with Crippen LogP contribution in [-0.2, 0) is 17.8 Å². The van der Waals surface area contributed by atoms with E-state index in [2.05, 4.69) is 20.8 Å². The lowest BCUT2D eigenvalue weighted by Gasteiger charge is -2.26. The third-order valence-corrected chi connectivity index (χ3v) is 3.32. The van der Waals surface area contributed by atoms with E-state index in [0.29, 0.717) is 25.2 Å². The summed E-state index contributed by atoms with van der Waals surface area (Å²) >= 11 is 0. The monoisotopic (exact) mass is 303 g/mol. The van der Waals surface area contributed by atoms with Gasteiger partial charge in [-0.15, -0.1) is 5.10 Å². The molecule has 1 amide bonds. The van der Waals surface area contributed by atoms with Gasteiger partial charge in [-0.05, 0) is 55.3 Å². The van der Waals surface area contributed by atoms with Gasteiger partial charge in [-0.3, -0.25) is 4.79 Å². The molecule has 0 aliphatic carbocycles. The summed E-state index contributed by atoms with van der Waals surface area (Å²) in [5, 5.41) is 23.5. The predicted octanol–water partition coefficient (Wildman–Crippen LogP) is 1.21. The van der Waals surface area contributed by atoms with Crippen molar-refractivity contribution in [2.45, 2.75) is 45.7 Å². The Morgan fingerprint density at radius 1 is 1.32 bits per heavy atom. The normalized spacial score (nSPS) is 11.4. The molecular weight excluding hydrogens is 282 g/mol. The number of amides is 1. The first kappa shape index (κ1) is 15.9.